The van der Waals surface area contributed by atoms with Crippen LogP contribution in [0, 0.1) is 26.2 Å². The second-order valence-electron chi connectivity index (χ2n) is 7.38. The van der Waals surface area contributed by atoms with E-state index in [9.17, 15) is 4.79 Å². The predicted octanol–water partition coefficient (Wildman–Crippen LogP) is 2.60. The van der Waals surface area contributed by atoms with Crippen molar-refractivity contribution in [1.29, 1.82) is 0 Å². The van der Waals surface area contributed by atoms with Gasteiger partial charge in [-0.2, -0.15) is 10.2 Å². The average molecular weight is 355 g/mol. The zero-order valence-corrected chi connectivity index (χ0v) is 15.9. The normalized spacial score (nSPS) is 18.7. The van der Waals surface area contributed by atoms with Crippen LogP contribution in [0.2, 0.25) is 0 Å². The molecule has 0 atom stereocenters. The number of amides is 1. The highest BCUT2D eigenvalue weighted by atomic mass is 16.2. The van der Waals surface area contributed by atoms with Crippen LogP contribution in [-0.2, 0) is 11.3 Å². The molecule has 0 spiro atoms. The Bertz CT molecular complexity index is 681. The molecule has 1 fully saturated rings. The first-order valence-electron chi connectivity index (χ1n) is 9.53. The fraction of sp³-hybridized carbons (Fsp3) is 0.650. The Kier molecular flexibility index (Phi) is 5.77. The van der Waals surface area contributed by atoms with Gasteiger partial charge in [-0.1, -0.05) is 0 Å². The third-order valence-electron chi connectivity index (χ3n) is 5.57. The molecule has 3 rings (SSSR count). The molecule has 0 saturated carbocycles. The van der Waals surface area contributed by atoms with Gasteiger partial charge >= 0.3 is 0 Å². The van der Waals surface area contributed by atoms with E-state index in [1.807, 2.05) is 4.90 Å². The summed E-state index contributed by atoms with van der Waals surface area (Å²) in [6, 6.07) is 4.33. The van der Waals surface area contributed by atoms with Gasteiger partial charge in [-0.15, -0.1) is 12.3 Å². The molecule has 6 heteroatoms. The smallest absolute Gasteiger partial charge is 0.222 e. The molecule has 1 aromatic heterocycles. The highest BCUT2D eigenvalue weighted by molar-refractivity contribution is 5.76. The van der Waals surface area contributed by atoms with E-state index in [0.717, 1.165) is 45.7 Å². The molecule has 2 aliphatic rings. The van der Waals surface area contributed by atoms with Crippen LogP contribution < -0.4 is 0 Å². The van der Waals surface area contributed by atoms with Crippen LogP contribution >= 0.6 is 0 Å². The summed E-state index contributed by atoms with van der Waals surface area (Å²) >= 11 is 0. The monoisotopic (exact) mass is 355 g/mol. The number of aryl methyl sites for hydroxylation is 2. The van der Waals surface area contributed by atoms with E-state index in [1.54, 1.807) is 0 Å². The van der Waals surface area contributed by atoms with Gasteiger partial charge in [0, 0.05) is 76.3 Å². The van der Waals surface area contributed by atoms with E-state index in [-0.39, 0.29) is 11.6 Å². The summed E-state index contributed by atoms with van der Waals surface area (Å²) in [4.78, 5) is 16.9. The lowest BCUT2D eigenvalue weighted by molar-refractivity contribution is -0.133. The van der Waals surface area contributed by atoms with E-state index in [2.05, 4.69) is 51.6 Å². The lowest BCUT2D eigenvalue weighted by Crippen LogP contribution is -2.49. The maximum absolute atomic E-state index is 12.5. The second-order valence-corrected chi connectivity index (χ2v) is 7.38. The number of hydrogen-bond donors (Lipinski definition) is 0. The van der Waals surface area contributed by atoms with Gasteiger partial charge in [0.2, 0.25) is 5.91 Å². The Morgan fingerprint density at radius 1 is 1.12 bits per heavy atom. The Morgan fingerprint density at radius 2 is 1.77 bits per heavy atom. The van der Waals surface area contributed by atoms with Gasteiger partial charge in [0.15, 0.2) is 5.66 Å². The van der Waals surface area contributed by atoms with E-state index >= 15 is 0 Å². The third kappa shape index (κ3) is 4.53. The van der Waals surface area contributed by atoms with Crippen molar-refractivity contribution in [3.63, 3.8) is 0 Å². The van der Waals surface area contributed by atoms with Crippen molar-refractivity contribution in [3.8, 4) is 12.3 Å². The van der Waals surface area contributed by atoms with Crippen LogP contribution in [0.25, 0.3) is 0 Å². The van der Waals surface area contributed by atoms with E-state index in [1.165, 1.54) is 11.4 Å². The highest BCUT2D eigenvalue weighted by Gasteiger charge is 2.39. The first kappa shape index (κ1) is 18.7. The minimum Gasteiger partial charge on any atom is -0.348 e. The first-order chi connectivity index (χ1) is 12.5. The van der Waals surface area contributed by atoms with Gasteiger partial charge in [-0.3, -0.25) is 9.69 Å². The van der Waals surface area contributed by atoms with Crippen LogP contribution in [-0.4, -0.2) is 58.7 Å². The highest BCUT2D eigenvalue weighted by Crippen LogP contribution is 2.37. The molecular weight excluding hydrogens is 326 g/mol. The second kappa shape index (κ2) is 8.05. The molecule has 1 saturated heterocycles. The Labute approximate surface area is 156 Å². The molecule has 0 aliphatic carbocycles. The fourth-order valence-electron chi connectivity index (χ4n) is 3.65. The van der Waals surface area contributed by atoms with Crippen LogP contribution in [0.3, 0.4) is 0 Å². The molecule has 0 aromatic carbocycles. The lowest BCUT2D eigenvalue weighted by atomic mass is 10.0. The van der Waals surface area contributed by atoms with Crippen LogP contribution in [0.4, 0.5) is 0 Å². The van der Waals surface area contributed by atoms with Gasteiger partial charge in [0.1, 0.15) is 0 Å². The van der Waals surface area contributed by atoms with Crippen molar-refractivity contribution >= 4 is 5.91 Å². The molecule has 3 heterocycles. The molecule has 1 aromatic rings. The maximum Gasteiger partial charge on any atom is 0.222 e. The molecule has 1 amide bonds. The molecule has 6 nitrogen and oxygen atoms in total. The molecule has 0 radical (unpaired) electrons. The van der Waals surface area contributed by atoms with Crippen LogP contribution in [0.1, 0.15) is 37.1 Å². The van der Waals surface area contributed by atoms with Crippen molar-refractivity contribution < 1.29 is 4.79 Å². The SMILES string of the molecule is C#CCCC1(CCC(=O)N2CCN(CCn3c(C)ccc3C)CC2)N=N1. The summed E-state index contributed by atoms with van der Waals surface area (Å²) in [6.07, 6.45) is 7.95. The molecule has 2 aliphatic heterocycles. The summed E-state index contributed by atoms with van der Waals surface area (Å²) in [5.74, 6) is 2.85. The van der Waals surface area contributed by atoms with E-state index in [4.69, 9.17) is 6.42 Å². The fourth-order valence-corrected chi connectivity index (χ4v) is 3.65. The summed E-state index contributed by atoms with van der Waals surface area (Å²) in [5, 5.41) is 8.22. The minimum atomic E-state index is -0.351. The number of piperazine rings is 1. The Morgan fingerprint density at radius 3 is 2.35 bits per heavy atom. The van der Waals surface area contributed by atoms with Crippen molar-refractivity contribution in [2.75, 3.05) is 32.7 Å². The van der Waals surface area contributed by atoms with Crippen molar-refractivity contribution in [1.82, 2.24) is 14.4 Å². The Hall–Kier alpha value is -2.13. The largest absolute Gasteiger partial charge is 0.348 e. The molecular formula is C20H29N5O. The van der Waals surface area contributed by atoms with Crippen molar-refractivity contribution in [2.45, 2.75) is 51.7 Å². The lowest BCUT2D eigenvalue weighted by Gasteiger charge is -2.35. The van der Waals surface area contributed by atoms with E-state index in [0.29, 0.717) is 19.3 Å². The Balaban J connectivity index is 1.37. The number of terminal acetylenes is 1. The third-order valence-corrected chi connectivity index (χ3v) is 5.57. The van der Waals surface area contributed by atoms with Gasteiger partial charge in [-0.05, 0) is 26.0 Å². The molecule has 0 bridgehead atoms. The summed E-state index contributed by atoms with van der Waals surface area (Å²) < 4.78 is 2.36. The number of carbonyl (C=O) groups excluding carboxylic acids is 1. The predicted molar refractivity (Wildman–Crippen MR) is 102 cm³/mol. The van der Waals surface area contributed by atoms with Gasteiger partial charge in [0.05, 0.1) is 0 Å². The van der Waals surface area contributed by atoms with Crippen molar-refractivity contribution in [3.05, 3.63) is 23.5 Å². The number of rotatable bonds is 8. The number of hydrogen-bond acceptors (Lipinski definition) is 4. The number of carbonyl (C=O) groups is 1. The standard InChI is InChI=1S/C20H29N5O/c1-4-5-9-20(21-22-20)10-8-19(26)24-14-11-23(12-15-24)13-16-25-17(2)6-7-18(25)3/h1,6-7H,5,8-16H2,2-3H3. The maximum atomic E-state index is 12.5. The van der Waals surface area contributed by atoms with Crippen LogP contribution in [0.15, 0.2) is 22.4 Å². The summed E-state index contributed by atoms with van der Waals surface area (Å²) in [7, 11) is 0. The molecule has 26 heavy (non-hydrogen) atoms. The molecule has 0 unspecified atom stereocenters. The minimum absolute atomic E-state index is 0.221. The van der Waals surface area contributed by atoms with E-state index < -0.39 is 0 Å². The quantitative estimate of drug-likeness (QED) is 0.673. The number of nitrogens with zero attached hydrogens (tertiary/aromatic N) is 5. The topological polar surface area (TPSA) is 53.2 Å². The van der Waals surface area contributed by atoms with Crippen molar-refractivity contribution in [2.24, 2.45) is 10.2 Å². The molecule has 0 N–H and O–H groups in total. The van der Waals surface area contributed by atoms with Gasteiger partial charge in [0.25, 0.3) is 0 Å². The summed E-state index contributed by atoms with van der Waals surface area (Å²) in [6.45, 7) is 9.87. The zero-order chi connectivity index (χ0) is 18.6. The van der Waals surface area contributed by atoms with Gasteiger partial charge < -0.3 is 9.47 Å². The summed E-state index contributed by atoms with van der Waals surface area (Å²) in [5.41, 5.74) is 2.27. The molecule has 140 valence electrons. The average Bonchev–Trinajstić information content (AvgIpc) is 3.36. The zero-order valence-electron chi connectivity index (χ0n) is 15.9. The van der Waals surface area contributed by atoms with Gasteiger partial charge in [-0.25, -0.2) is 0 Å². The van der Waals surface area contributed by atoms with Crippen LogP contribution in [0.5, 0.6) is 0 Å². The number of aromatic nitrogens is 1. The first-order valence-corrected chi connectivity index (χ1v) is 9.53.